The largest absolute Gasteiger partial charge is 0.478 e. The van der Waals surface area contributed by atoms with E-state index in [0.29, 0.717) is 17.3 Å². The molecule has 3 rings (SSSR count). The molecule has 0 aliphatic rings. The topological polar surface area (TPSA) is 123 Å². The molecule has 2 N–H and O–H groups in total. The van der Waals surface area contributed by atoms with E-state index in [-0.39, 0.29) is 23.9 Å². The Balaban J connectivity index is 1.74. The zero-order chi connectivity index (χ0) is 20.3. The van der Waals surface area contributed by atoms with Crippen molar-refractivity contribution in [2.45, 2.75) is 33.4 Å². The Bertz CT molecular complexity index is 977. The van der Waals surface area contributed by atoms with Crippen LogP contribution in [0.15, 0.2) is 40.8 Å². The van der Waals surface area contributed by atoms with E-state index in [1.165, 1.54) is 10.9 Å². The molecule has 1 unspecified atom stereocenters. The van der Waals surface area contributed by atoms with E-state index < -0.39 is 12.0 Å². The van der Waals surface area contributed by atoms with Crippen LogP contribution in [0.5, 0.6) is 0 Å². The number of aromatic nitrogens is 4. The van der Waals surface area contributed by atoms with Gasteiger partial charge < -0.3 is 14.8 Å². The van der Waals surface area contributed by atoms with Crippen molar-refractivity contribution < 1.29 is 19.1 Å². The fourth-order valence-electron chi connectivity index (χ4n) is 2.84. The number of carboxylic acids is 1. The molecule has 0 fully saturated rings. The molecule has 9 heteroatoms. The second-order valence-corrected chi connectivity index (χ2v) is 6.69. The first kappa shape index (κ1) is 19.3. The molecule has 1 atom stereocenters. The molecule has 0 radical (unpaired) electrons. The summed E-state index contributed by atoms with van der Waals surface area (Å²) in [5.41, 5.74) is 0.888. The van der Waals surface area contributed by atoms with Gasteiger partial charge in [0.25, 0.3) is 0 Å². The van der Waals surface area contributed by atoms with E-state index >= 15 is 0 Å². The van der Waals surface area contributed by atoms with Gasteiger partial charge in [-0.05, 0) is 24.1 Å². The van der Waals surface area contributed by atoms with Crippen molar-refractivity contribution in [1.29, 1.82) is 0 Å². The number of furan rings is 1. The Morgan fingerprint density at radius 2 is 1.96 bits per heavy atom. The first-order chi connectivity index (χ1) is 13.4. The summed E-state index contributed by atoms with van der Waals surface area (Å²) in [6.45, 7) is 5.40. The Morgan fingerprint density at radius 3 is 2.57 bits per heavy atom. The van der Waals surface area contributed by atoms with Crippen molar-refractivity contribution in [3.63, 3.8) is 0 Å². The van der Waals surface area contributed by atoms with Crippen LogP contribution in [-0.4, -0.2) is 37.2 Å². The predicted octanol–water partition coefficient (Wildman–Crippen LogP) is 2.45. The van der Waals surface area contributed by atoms with Gasteiger partial charge in [0.05, 0.1) is 6.54 Å². The molecule has 1 aromatic carbocycles. The van der Waals surface area contributed by atoms with Crippen molar-refractivity contribution in [2.24, 2.45) is 5.92 Å². The molecule has 0 bridgehead atoms. The Morgan fingerprint density at radius 1 is 1.25 bits per heavy atom. The number of carboxylic acid groups (broad SMARTS) is 1. The Kier molecular flexibility index (Phi) is 5.53. The lowest BCUT2D eigenvalue weighted by molar-refractivity contribution is -0.126. The number of aromatic carboxylic acids is 1. The van der Waals surface area contributed by atoms with Crippen LogP contribution in [-0.2, 0) is 11.3 Å². The third-order valence-corrected chi connectivity index (χ3v) is 4.25. The summed E-state index contributed by atoms with van der Waals surface area (Å²) >= 11 is 0. The normalized spacial score (nSPS) is 12.1. The number of carbonyl (C=O) groups excluding carboxylic acids is 1. The van der Waals surface area contributed by atoms with Gasteiger partial charge in [0.15, 0.2) is 6.04 Å². The van der Waals surface area contributed by atoms with Gasteiger partial charge in [-0.15, -0.1) is 10.2 Å². The van der Waals surface area contributed by atoms with Gasteiger partial charge in [0, 0.05) is 5.56 Å². The van der Waals surface area contributed by atoms with Crippen LogP contribution in [0.1, 0.15) is 41.8 Å². The number of benzene rings is 1. The molecule has 2 heterocycles. The van der Waals surface area contributed by atoms with E-state index in [2.05, 4.69) is 20.7 Å². The number of hydrogen-bond acceptors (Lipinski definition) is 6. The number of nitrogens with zero attached hydrogens (tertiary/aromatic N) is 4. The Hall–Kier alpha value is -3.49. The minimum Gasteiger partial charge on any atom is -0.478 e. The highest BCUT2D eigenvalue weighted by Gasteiger charge is 2.27. The van der Waals surface area contributed by atoms with Gasteiger partial charge in [0.2, 0.25) is 11.7 Å². The first-order valence-corrected chi connectivity index (χ1v) is 8.82. The number of rotatable bonds is 7. The smallest absolute Gasteiger partial charge is 0.339 e. The summed E-state index contributed by atoms with van der Waals surface area (Å²) < 4.78 is 5.39. The molecule has 0 aliphatic carbocycles. The first-order valence-electron chi connectivity index (χ1n) is 8.82. The number of amides is 1. The lowest BCUT2D eigenvalue weighted by Crippen LogP contribution is -2.36. The van der Waals surface area contributed by atoms with Crippen molar-refractivity contribution >= 4 is 11.9 Å². The summed E-state index contributed by atoms with van der Waals surface area (Å²) in [6.07, 6.45) is 0. The van der Waals surface area contributed by atoms with Crippen LogP contribution in [0.3, 0.4) is 0 Å². The lowest BCUT2D eigenvalue weighted by atomic mass is 10.0. The van der Waals surface area contributed by atoms with Crippen molar-refractivity contribution in [2.75, 3.05) is 0 Å². The van der Waals surface area contributed by atoms with Gasteiger partial charge in [-0.25, -0.2) is 4.79 Å². The van der Waals surface area contributed by atoms with E-state index in [4.69, 9.17) is 9.52 Å². The summed E-state index contributed by atoms with van der Waals surface area (Å²) in [7, 11) is 0. The molecule has 2 aromatic heterocycles. The average molecular weight is 383 g/mol. The minimum absolute atomic E-state index is 0.0659. The van der Waals surface area contributed by atoms with Crippen LogP contribution in [0.2, 0.25) is 0 Å². The number of hydrogen-bond donors (Lipinski definition) is 2. The summed E-state index contributed by atoms with van der Waals surface area (Å²) in [5, 5.41) is 24.3. The molecule has 0 aliphatic heterocycles. The highest BCUT2D eigenvalue weighted by atomic mass is 16.4. The van der Waals surface area contributed by atoms with E-state index in [1.54, 1.807) is 6.92 Å². The summed E-state index contributed by atoms with van der Waals surface area (Å²) in [4.78, 5) is 25.1. The highest BCUT2D eigenvalue weighted by molar-refractivity contribution is 5.88. The second-order valence-electron chi connectivity index (χ2n) is 6.69. The van der Waals surface area contributed by atoms with Gasteiger partial charge in [-0.2, -0.15) is 4.80 Å². The van der Waals surface area contributed by atoms with Crippen LogP contribution in [0.4, 0.5) is 0 Å². The highest BCUT2D eigenvalue weighted by Crippen LogP contribution is 2.19. The molecule has 146 valence electrons. The van der Waals surface area contributed by atoms with Crippen LogP contribution < -0.4 is 5.32 Å². The molecule has 0 saturated heterocycles. The number of aryl methyl sites for hydroxylation is 1. The van der Waals surface area contributed by atoms with Gasteiger partial charge >= 0.3 is 5.97 Å². The van der Waals surface area contributed by atoms with Crippen LogP contribution in [0, 0.1) is 12.8 Å². The average Bonchev–Trinajstić information content (AvgIpc) is 3.27. The zero-order valence-electron chi connectivity index (χ0n) is 15.8. The van der Waals surface area contributed by atoms with E-state index in [9.17, 15) is 9.59 Å². The van der Waals surface area contributed by atoms with Gasteiger partial charge in [-0.3, -0.25) is 4.79 Å². The summed E-state index contributed by atoms with van der Waals surface area (Å²) in [5.74, 6) is -0.375. The molecule has 3 aromatic rings. The van der Waals surface area contributed by atoms with Crippen molar-refractivity contribution in [3.05, 3.63) is 53.5 Å². The molecule has 1 amide bonds. The zero-order valence-corrected chi connectivity index (χ0v) is 15.8. The lowest BCUT2D eigenvalue weighted by Gasteiger charge is -2.18. The van der Waals surface area contributed by atoms with Crippen LogP contribution in [0.25, 0.3) is 11.4 Å². The van der Waals surface area contributed by atoms with Gasteiger partial charge in [-0.1, -0.05) is 44.2 Å². The third kappa shape index (κ3) is 4.08. The molecular weight excluding hydrogens is 362 g/mol. The minimum atomic E-state index is -1.07. The van der Waals surface area contributed by atoms with E-state index in [1.807, 2.05) is 44.2 Å². The predicted molar refractivity (Wildman–Crippen MR) is 99.4 cm³/mol. The second kappa shape index (κ2) is 8.03. The van der Waals surface area contributed by atoms with Gasteiger partial charge in [0.1, 0.15) is 17.1 Å². The molecular formula is C19H21N5O4. The van der Waals surface area contributed by atoms with E-state index in [0.717, 1.165) is 5.56 Å². The van der Waals surface area contributed by atoms with Crippen molar-refractivity contribution in [3.8, 4) is 11.4 Å². The standard InChI is InChI=1S/C19H21N5O4/c1-11(2)16(24-22-17(21-23-24)13-7-5-4-6-8-13)18(25)20-10-14-9-15(19(26)27)12(3)28-14/h4-9,11,16H,10H2,1-3H3,(H,20,25)(H,26,27). The SMILES string of the molecule is Cc1oc(CNC(=O)C(C(C)C)n2nnc(-c3ccccc3)n2)cc1C(=O)O. The maximum Gasteiger partial charge on any atom is 0.339 e. The molecule has 9 nitrogen and oxygen atoms in total. The fourth-order valence-corrected chi connectivity index (χ4v) is 2.84. The maximum absolute atomic E-state index is 12.7. The molecule has 0 saturated carbocycles. The number of carbonyl (C=O) groups is 2. The summed E-state index contributed by atoms with van der Waals surface area (Å²) in [6, 6.07) is 10.1. The Labute approximate surface area is 161 Å². The number of nitrogens with one attached hydrogen (secondary N) is 1. The maximum atomic E-state index is 12.7. The van der Waals surface area contributed by atoms with Crippen molar-refractivity contribution in [1.82, 2.24) is 25.5 Å². The number of tetrazole rings is 1. The monoisotopic (exact) mass is 383 g/mol. The molecule has 28 heavy (non-hydrogen) atoms. The molecule has 0 spiro atoms. The quantitative estimate of drug-likeness (QED) is 0.642. The third-order valence-electron chi connectivity index (χ3n) is 4.25. The van der Waals surface area contributed by atoms with Crippen LogP contribution >= 0.6 is 0 Å². The fraction of sp³-hybridized carbons (Fsp3) is 0.316.